The van der Waals surface area contributed by atoms with Gasteiger partial charge in [-0.2, -0.15) is 0 Å². The van der Waals surface area contributed by atoms with Crippen molar-refractivity contribution in [2.24, 2.45) is 5.73 Å². The summed E-state index contributed by atoms with van der Waals surface area (Å²) in [6.07, 6.45) is 3.62. The summed E-state index contributed by atoms with van der Waals surface area (Å²) in [4.78, 5) is 58.6. The lowest BCUT2D eigenvalue weighted by Crippen LogP contribution is -2.45. The van der Waals surface area contributed by atoms with E-state index in [2.05, 4.69) is 10.6 Å². The van der Waals surface area contributed by atoms with Crippen LogP contribution in [0.25, 0.3) is 0 Å². The lowest BCUT2D eigenvalue weighted by molar-refractivity contribution is -0.131. The van der Waals surface area contributed by atoms with Gasteiger partial charge in [-0.3, -0.25) is 19.2 Å². The fraction of sp³-hybridized carbons (Fsp3) is 0.633. The van der Waals surface area contributed by atoms with Crippen LogP contribution in [-0.2, 0) is 38.1 Å². The Labute approximate surface area is 248 Å². The summed E-state index contributed by atoms with van der Waals surface area (Å²) in [5.74, 6) is -1.15. The number of hydrogen-bond acceptors (Lipinski definition) is 9. The van der Waals surface area contributed by atoms with Crippen LogP contribution < -0.4 is 16.4 Å². The van der Waals surface area contributed by atoms with Gasteiger partial charge in [0.05, 0.1) is 26.4 Å². The Morgan fingerprint density at radius 1 is 0.762 bits per heavy atom. The maximum atomic E-state index is 12.1. The third-order valence-corrected chi connectivity index (χ3v) is 6.00. The Balaban J connectivity index is 2.00. The fourth-order valence-electron chi connectivity index (χ4n) is 3.66. The van der Waals surface area contributed by atoms with Crippen LogP contribution in [0, 0.1) is 6.92 Å². The van der Waals surface area contributed by atoms with Gasteiger partial charge in [-0.1, -0.05) is 17.7 Å². The van der Waals surface area contributed by atoms with E-state index in [4.69, 9.17) is 24.7 Å². The standard InChI is InChI=1S/C30H47N3O9/c1-23-10-12-25(13-11-23)30(38)32-14-4-3-9-27(29(31)37)33-28(36)22-42-20-18-40-16-6-8-26(35)21-41-19-17-39-15-5-7-24(2)34/h10-13,27H,3-9,14-22H2,1-2H3,(H2,31,37)(H,32,38)(H,33,36). The first kappa shape index (κ1) is 36.8. The molecule has 1 rings (SSSR count). The van der Waals surface area contributed by atoms with E-state index in [0.29, 0.717) is 83.5 Å². The van der Waals surface area contributed by atoms with Crippen molar-refractivity contribution < 1.29 is 42.9 Å². The van der Waals surface area contributed by atoms with E-state index in [1.54, 1.807) is 19.1 Å². The lowest BCUT2D eigenvalue weighted by atomic mass is 10.1. The number of Topliss-reactive ketones (excluding diaryl/α,β-unsaturated/α-hetero) is 2. The molecule has 0 fully saturated rings. The first-order valence-corrected chi connectivity index (χ1v) is 14.4. The monoisotopic (exact) mass is 593 g/mol. The SMILES string of the molecule is CC(=O)CCCOCCOCC(=O)CCCOCCOCC(=O)NC(CCCCNC(=O)c1ccc(C)cc1)C(N)=O. The first-order chi connectivity index (χ1) is 20.2. The molecule has 1 aromatic carbocycles. The molecule has 236 valence electrons. The number of carbonyl (C=O) groups is 5. The second-order valence-electron chi connectivity index (χ2n) is 9.92. The summed E-state index contributed by atoms with van der Waals surface area (Å²) in [5.41, 5.74) is 7.07. The number of benzene rings is 1. The van der Waals surface area contributed by atoms with Gasteiger partial charge >= 0.3 is 0 Å². The van der Waals surface area contributed by atoms with Crippen LogP contribution in [0.15, 0.2) is 24.3 Å². The predicted octanol–water partition coefficient (Wildman–Crippen LogP) is 1.65. The summed E-state index contributed by atoms with van der Waals surface area (Å²) in [5, 5.41) is 5.40. The van der Waals surface area contributed by atoms with Gasteiger partial charge in [0.15, 0.2) is 5.78 Å². The molecule has 12 nitrogen and oxygen atoms in total. The molecule has 0 aliphatic carbocycles. The van der Waals surface area contributed by atoms with E-state index in [1.807, 2.05) is 19.1 Å². The van der Waals surface area contributed by atoms with Gasteiger partial charge in [-0.15, -0.1) is 0 Å². The molecule has 0 aromatic heterocycles. The number of hydrogen-bond donors (Lipinski definition) is 3. The topological polar surface area (TPSA) is 172 Å². The second-order valence-corrected chi connectivity index (χ2v) is 9.92. The van der Waals surface area contributed by atoms with E-state index in [0.717, 1.165) is 5.56 Å². The van der Waals surface area contributed by atoms with Crippen LogP contribution >= 0.6 is 0 Å². The van der Waals surface area contributed by atoms with Gasteiger partial charge < -0.3 is 40.1 Å². The van der Waals surface area contributed by atoms with E-state index in [1.165, 1.54) is 0 Å². The number of ether oxygens (including phenoxy) is 4. The van der Waals surface area contributed by atoms with E-state index < -0.39 is 17.9 Å². The molecule has 42 heavy (non-hydrogen) atoms. The van der Waals surface area contributed by atoms with Crippen molar-refractivity contribution in [1.82, 2.24) is 10.6 Å². The quantitative estimate of drug-likeness (QED) is 0.135. The summed E-state index contributed by atoms with van der Waals surface area (Å²) in [7, 11) is 0. The van der Waals surface area contributed by atoms with Gasteiger partial charge in [-0.05, 0) is 58.1 Å². The number of ketones is 2. The third-order valence-electron chi connectivity index (χ3n) is 6.00. The van der Waals surface area contributed by atoms with Crippen molar-refractivity contribution in [3.8, 4) is 0 Å². The number of nitrogens with two attached hydrogens (primary N) is 1. The average Bonchev–Trinajstić information content (AvgIpc) is 2.95. The van der Waals surface area contributed by atoms with Crippen LogP contribution in [0.1, 0.15) is 67.8 Å². The Morgan fingerprint density at radius 3 is 1.98 bits per heavy atom. The van der Waals surface area contributed by atoms with Gasteiger partial charge in [0.2, 0.25) is 11.8 Å². The van der Waals surface area contributed by atoms with Crippen LogP contribution in [-0.4, -0.2) is 94.7 Å². The molecule has 0 saturated heterocycles. The molecule has 1 unspecified atom stereocenters. The first-order valence-electron chi connectivity index (χ1n) is 14.4. The molecular weight excluding hydrogens is 546 g/mol. The summed E-state index contributed by atoms with van der Waals surface area (Å²) >= 11 is 0. The fourth-order valence-corrected chi connectivity index (χ4v) is 3.66. The van der Waals surface area contributed by atoms with Crippen molar-refractivity contribution in [1.29, 1.82) is 0 Å². The molecule has 1 aromatic rings. The number of unbranched alkanes of at least 4 members (excludes halogenated alkanes) is 1. The largest absolute Gasteiger partial charge is 0.379 e. The maximum Gasteiger partial charge on any atom is 0.251 e. The molecule has 0 bridgehead atoms. The molecule has 0 heterocycles. The highest BCUT2D eigenvalue weighted by Gasteiger charge is 2.17. The van der Waals surface area contributed by atoms with Crippen molar-refractivity contribution in [2.75, 3.05) is 59.4 Å². The van der Waals surface area contributed by atoms with Gasteiger partial charge in [0, 0.05) is 38.2 Å². The number of rotatable bonds is 26. The van der Waals surface area contributed by atoms with Crippen molar-refractivity contribution in [3.05, 3.63) is 35.4 Å². The van der Waals surface area contributed by atoms with Gasteiger partial charge in [-0.25, -0.2) is 0 Å². The van der Waals surface area contributed by atoms with E-state index in [-0.39, 0.29) is 43.9 Å². The molecule has 0 saturated carbocycles. The predicted molar refractivity (Wildman–Crippen MR) is 156 cm³/mol. The van der Waals surface area contributed by atoms with Crippen molar-refractivity contribution >= 4 is 29.3 Å². The smallest absolute Gasteiger partial charge is 0.251 e. The molecule has 0 radical (unpaired) electrons. The summed E-state index contributed by atoms with van der Waals surface area (Å²) in [6.45, 7) is 5.72. The summed E-state index contributed by atoms with van der Waals surface area (Å²) < 4.78 is 21.3. The van der Waals surface area contributed by atoms with Crippen LogP contribution in [0.2, 0.25) is 0 Å². The Kier molecular flexibility index (Phi) is 20.5. The minimum Gasteiger partial charge on any atom is -0.379 e. The number of aryl methyl sites for hydroxylation is 1. The zero-order valence-corrected chi connectivity index (χ0v) is 25.0. The minimum atomic E-state index is -0.822. The third kappa shape index (κ3) is 19.8. The highest BCUT2D eigenvalue weighted by molar-refractivity contribution is 5.94. The van der Waals surface area contributed by atoms with Gasteiger partial charge in [0.1, 0.15) is 25.0 Å². The Morgan fingerprint density at radius 2 is 1.36 bits per heavy atom. The highest BCUT2D eigenvalue weighted by atomic mass is 16.5. The molecule has 1 atom stereocenters. The van der Waals surface area contributed by atoms with Crippen LogP contribution in [0.3, 0.4) is 0 Å². The second kappa shape index (κ2) is 23.4. The van der Waals surface area contributed by atoms with Crippen molar-refractivity contribution in [3.63, 3.8) is 0 Å². The normalized spacial score (nSPS) is 11.6. The van der Waals surface area contributed by atoms with E-state index >= 15 is 0 Å². The minimum absolute atomic E-state index is 0.0198. The molecule has 0 aliphatic heterocycles. The molecule has 12 heteroatoms. The van der Waals surface area contributed by atoms with Crippen LogP contribution in [0.5, 0.6) is 0 Å². The molecule has 4 N–H and O–H groups in total. The Bertz CT molecular complexity index is 954. The maximum absolute atomic E-state index is 12.1. The molecular formula is C30H47N3O9. The van der Waals surface area contributed by atoms with Gasteiger partial charge in [0.25, 0.3) is 5.91 Å². The highest BCUT2D eigenvalue weighted by Crippen LogP contribution is 2.04. The molecule has 0 spiro atoms. The zero-order chi connectivity index (χ0) is 31.0. The molecule has 3 amide bonds. The average molecular weight is 594 g/mol. The summed E-state index contributed by atoms with van der Waals surface area (Å²) in [6, 6.07) is 6.45. The zero-order valence-electron chi connectivity index (χ0n) is 25.0. The Hall–Kier alpha value is -3.19. The molecule has 0 aliphatic rings. The van der Waals surface area contributed by atoms with E-state index in [9.17, 15) is 24.0 Å². The van der Waals surface area contributed by atoms with Crippen molar-refractivity contribution in [2.45, 2.75) is 64.8 Å². The van der Waals surface area contributed by atoms with Crippen LogP contribution in [0.4, 0.5) is 0 Å². The number of primary amides is 1. The number of carbonyl (C=O) groups excluding carboxylic acids is 5. The lowest BCUT2D eigenvalue weighted by Gasteiger charge is -2.15. The number of amides is 3. The number of nitrogens with one attached hydrogen (secondary N) is 2.